The normalized spacial score (nSPS) is 10.4. The third kappa shape index (κ3) is 1.37. The molecule has 2 rings (SSSR count). The number of thiophene rings is 1. The van der Waals surface area contributed by atoms with Gasteiger partial charge in [-0.3, -0.25) is 9.48 Å². The standard InChI is InChI=1S/C10H10N2OS/c1-7-8(6-11-12(7)2)10(13)9-4-3-5-14-9/h3-6H,1-2H3. The van der Waals surface area contributed by atoms with Gasteiger partial charge in [-0.2, -0.15) is 5.10 Å². The fourth-order valence-electron chi connectivity index (χ4n) is 1.26. The zero-order chi connectivity index (χ0) is 10.1. The lowest BCUT2D eigenvalue weighted by atomic mass is 10.1. The van der Waals surface area contributed by atoms with Crippen LogP contribution >= 0.6 is 11.3 Å². The van der Waals surface area contributed by atoms with E-state index in [1.54, 1.807) is 10.9 Å². The summed E-state index contributed by atoms with van der Waals surface area (Å²) in [6.45, 7) is 1.90. The Hall–Kier alpha value is -1.42. The van der Waals surface area contributed by atoms with Gasteiger partial charge < -0.3 is 0 Å². The van der Waals surface area contributed by atoms with E-state index in [0.29, 0.717) is 5.56 Å². The molecule has 14 heavy (non-hydrogen) atoms. The summed E-state index contributed by atoms with van der Waals surface area (Å²) in [4.78, 5) is 12.7. The van der Waals surface area contributed by atoms with Crippen molar-refractivity contribution in [1.82, 2.24) is 9.78 Å². The Morgan fingerprint density at radius 1 is 1.57 bits per heavy atom. The third-order valence-electron chi connectivity index (χ3n) is 2.22. The minimum Gasteiger partial charge on any atom is -0.288 e. The summed E-state index contributed by atoms with van der Waals surface area (Å²) in [5, 5.41) is 5.95. The quantitative estimate of drug-likeness (QED) is 0.705. The first kappa shape index (κ1) is 9.15. The SMILES string of the molecule is Cc1c(C(=O)c2cccs2)cnn1C. The van der Waals surface area contributed by atoms with Crippen LogP contribution in [0.2, 0.25) is 0 Å². The van der Waals surface area contributed by atoms with Gasteiger partial charge in [0.2, 0.25) is 5.78 Å². The van der Waals surface area contributed by atoms with Crippen LogP contribution in [-0.4, -0.2) is 15.6 Å². The number of carbonyl (C=O) groups excluding carboxylic acids is 1. The van der Waals surface area contributed by atoms with Crippen LogP contribution in [0.3, 0.4) is 0 Å². The number of ketones is 1. The molecule has 0 aliphatic rings. The highest BCUT2D eigenvalue weighted by Gasteiger charge is 2.15. The van der Waals surface area contributed by atoms with Crippen molar-refractivity contribution in [2.24, 2.45) is 7.05 Å². The minimum atomic E-state index is 0.0607. The second-order valence-corrected chi connectivity index (χ2v) is 4.02. The molecule has 3 nitrogen and oxygen atoms in total. The van der Waals surface area contributed by atoms with Crippen molar-refractivity contribution >= 4 is 17.1 Å². The van der Waals surface area contributed by atoms with Crippen molar-refractivity contribution in [3.8, 4) is 0 Å². The third-order valence-corrected chi connectivity index (χ3v) is 3.09. The summed E-state index contributed by atoms with van der Waals surface area (Å²) in [7, 11) is 1.83. The Morgan fingerprint density at radius 3 is 2.86 bits per heavy atom. The van der Waals surface area contributed by atoms with Gasteiger partial charge in [0.05, 0.1) is 16.6 Å². The molecule has 2 aromatic heterocycles. The van der Waals surface area contributed by atoms with Crippen LogP contribution in [0, 0.1) is 6.92 Å². The number of hydrogen-bond donors (Lipinski definition) is 0. The molecule has 0 fully saturated rings. The van der Waals surface area contributed by atoms with Gasteiger partial charge in [-0.1, -0.05) is 6.07 Å². The molecule has 2 aromatic rings. The maximum absolute atomic E-state index is 11.9. The minimum absolute atomic E-state index is 0.0607. The molecule has 0 unspecified atom stereocenters. The van der Waals surface area contributed by atoms with Crippen molar-refractivity contribution in [3.05, 3.63) is 39.8 Å². The lowest BCUT2D eigenvalue weighted by molar-refractivity contribution is 0.104. The molecule has 72 valence electrons. The van der Waals surface area contributed by atoms with Crippen molar-refractivity contribution in [3.63, 3.8) is 0 Å². The van der Waals surface area contributed by atoms with Gasteiger partial charge in [-0.05, 0) is 18.4 Å². The number of hydrogen-bond acceptors (Lipinski definition) is 3. The Balaban J connectivity index is 2.42. The highest BCUT2D eigenvalue weighted by atomic mass is 32.1. The van der Waals surface area contributed by atoms with E-state index in [1.165, 1.54) is 11.3 Å². The average Bonchev–Trinajstić information content (AvgIpc) is 2.77. The highest BCUT2D eigenvalue weighted by molar-refractivity contribution is 7.12. The maximum Gasteiger partial charge on any atom is 0.206 e. The van der Waals surface area contributed by atoms with E-state index in [2.05, 4.69) is 5.10 Å². The van der Waals surface area contributed by atoms with Crippen molar-refractivity contribution in [2.75, 3.05) is 0 Å². The van der Waals surface area contributed by atoms with Gasteiger partial charge in [0.15, 0.2) is 0 Å². The van der Waals surface area contributed by atoms with Crippen LogP contribution in [0.15, 0.2) is 23.7 Å². The zero-order valence-corrected chi connectivity index (χ0v) is 8.84. The topological polar surface area (TPSA) is 34.9 Å². The summed E-state index contributed by atoms with van der Waals surface area (Å²) in [5.41, 5.74) is 1.60. The fraction of sp³-hybridized carbons (Fsp3) is 0.200. The molecular weight excluding hydrogens is 196 g/mol. The molecule has 0 amide bonds. The summed E-state index contributed by atoms with van der Waals surface area (Å²) < 4.78 is 1.71. The van der Waals surface area contributed by atoms with Crippen molar-refractivity contribution < 1.29 is 4.79 Å². The molecule has 0 spiro atoms. The number of rotatable bonds is 2. The second kappa shape index (κ2) is 3.38. The molecule has 0 aliphatic carbocycles. The highest BCUT2D eigenvalue weighted by Crippen LogP contribution is 2.16. The number of nitrogens with zero attached hydrogens (tertiary/aromatic N) is 2. The van der Waals surface area contributed by atoms with Crippen LogP contribution in [0.4, 0.5) is 0 Å². The van der Waals surface area contributed by atoms with Gasteiger partial charge in [0.25, 0.3) is 0 Å². The number of carbonyl (C=O) groups is 1. The monoisotopic (exact) mass is 206 g/mol. The number of aryl methyl sites for hydroxylation is 1. The summed E-state index contributed by atoms with van der Waals surface area (Å²) in [6, 6.07) is 3.71. The van der Waals surface area contributed by atoms with E-state index in [9.17, 15) is 4.79 Å². The molecule has 0 N–H and O–H groups in total. The Labute approximate surface area is 86.0 Å². The van der Waals surface area contributed by atoms with Crippen molar-refractivity contribution in [2.45, 2.75) is 6.92 Å². The first-order chi connectivity index (χ1) is 6.70. The fourth-order valence-corrected chi connectivity index (χ4v) is 1.94. The van der Waals surface area contributed by atoms with Crippen LogP contribution in [0.25, 0.3) is 0 Å². The zero-order valence-electron chi connectivity index (χ0n) is 8.02. The van der Waals surface area contributed by atoms with E-state index < -0.39 is 0 Å². The van der Waals surface area contributed by atoms with Gasteiger partial charge in [0, 0.05) is 12.7 Å². The van der Waals surface area contributed by atoms with Crippen molar-refractivity contribution in [1.29, 1.82) is 0 Å². The summed E-state index contributed by atoms with van der Waals surface area (Å²) in [5.74, 6) is 0.0607. The molecule has 0 atom stereocenters. The van der Waals surface area contributed by atoms with E-state index in [-0.39, 0.29) is 5.78 Å². The molecule has 4 heteroatoms. The predicted molar refractivity (Wildman–Crippen MR) is 55.7 cm³/mol. The average molecular weight is 206 g/mol. The lowest BCUT2D eigenvalue weighted by Crippen LogP contribution is -2.01. The Morgan fingerprint density at radius 2 is 2.36 bits per heavy atom. The molecule has 0 aliphatic heterocycles. The summed E-state index contributed by atoms with van der Waals surface area (Å²) >= 11 is 1.46. The number of aromatic nitrogens is 2. The molecule has 0 radical (unpaired) electrons. The summed E-state index contributed by atoms with van der Waals surface area (Å²) in [6.07, 6.45) is 1.62. The molecule has 2 heterocycles. The van der Waals surface area contributed by atoms with Gasteiger partial charge >= 0.3 is 0 Å². The largest absolute Gasteiger partial charge is 0.288 e. The smallest absolute Gasteiger partial charge is 0.206 e. The van der Waals surface area contributed by atoms with Crippen LogP contribution in [0.1, 0.15) is 20.9 Å². The first-order valence-corrected chi connectivity index (χ1v) is 5.15. The first-order valence-electron chi connectivity index (χ1n) is 4.27. The van der Waals surface area contributed by atoms with Gasteiger partial charge in [-0.15, -0.1) is 11.3 Å². The van der Waals surface area contributed by atoms with Crippen LogP contribution in [0.5, 0.6) is 0 Å². The second-order valence-electron chi connectivity index (χ2n) is 3.07. The lowest BCUT2D eigenvalue weighted by Gasteiger charge is -1.96. The Kier molecular flexibility index (Phi) is 2.21. The van der Waals surface area contributed by atoms with E-state index in [0.717, 1.165) is 10.6 Å². The van der Waals surface area contributed by atoms with E-state index in [4.69, 9.17) is 0 Å². The van der Waals surface area contributed by atoms with Crippen LogP contribution in [-0.2, 0) is 7.05 Å². The molecule has 0 aromatic carbocycles. The molecule has 0 bridgehead atoms. The van der Waals surface area contributed by atoms with Crippen LogP contribution < -0.4 is 0 Å². The van der Waals surface area contributed by atoms with E-state index >= 15 is 0 Å². The molecule has 0 saturated heterocycles. The van der Waals surface area contributed by atoms with E-state index in [1.807, 2.05) is 31.5 Å². The van der Waals surface area contributed by atoms with Gasteiger partial charge in [0.1, 0.15) is 0 Å². The maximum atomic E-state index is 11.9. The molecular formula is C10H10N2OS. The Bertz CT molecular complexity index is 456. The molecule has 0 saturated carbocycles. The predicted octanol–water partition coefficient (Wildman–Crippen LogP) is 2.02. The van der Waals surface area contributed by atoms with Gasteiger partial charge in [-0.25, -0.2) is 0 Å².